The van der Waals surface area contributed by atoms with E-state index in [1.54, 1.807) is 41.5 Å². The lowest BCUT2D eigenvalue weighted by Gasteiger charge is -2.36. The summed E-state index contributed by atoms with van der Waals surface area (Å²) < 4.78 is 11.0. The van der Waals surface area contributed by atoms with E-state index >= 15 is 0 Å². The maximum absolute atomic E-state index is 13.2. The third-order valence-electron chi connectivity index (χ3n) is 5.03. The monoisotopic (exact) mass is 477 g/mol. The molecule has 1 saturated heterocycles. The number of nitrogens with one attached hydrogen (secondary N) is 1. The van der Waals surface area contributed by atoms with E-state index in [2.05, 4.69) is 5.32 Å². The lowest BCUT2D eigenvalue weighted by Crippen LogP contribution is -2.56. The predicted octanol–water partition coefficient (Wildman–Crippen LogP) is 3.75. The summed E-state index contributed by atoms with van der Waals surface area (Å²) in [6.07, 6.45) is 1.47. The molecular formula is C24H35N3O7. The highest BCUT2D eigenvalue weighted by Crippen LogP contribution is 2.22. The van der Waals surface area contributed by atoms with Gasteiger partial charge in [0.2, 0.25) is 5.91 Å². The van der Waals surface area contributed by atoms with E-state index in [1.165, 1.54) is 29.2 Å². The van der Waals surface area contributed by atoms with E-state index in [4.69, 9.17) is 9.47 Å². The highest BCUT2D eigenvalue weighted by molar-refractivity contribution is 5.90. The van der Waals surface area contributed by atoms with E-state index in [0.717, 1.165) is 12.8 Å². The van der Waals surface area contributed by atoms with Crippen LogP contribution in [0.15, 0.2) is 24.3 Å². The Morgan fingerprint density at radius 3 is 2.18 bits per heavy atom. The van der Waals surface area contributed by atoms with Crippen molar-refractivity contribution in [3.8, 4) is 0 Å². The van der Waals surface area contributed by atoms with E-state index < -0.39 is 46.2 Å². The molecule has 1 aromatic rings. The molecule has 2 atom stereocenters. The fourth-order valence-corrected chi connectivity index (χ4v) is 3.57. The Balaban J connectivity index is 2.22. The molecule has 1 aliphatic heterocycles. The maximum atomic E-state index is 13.2. The van der Waals surface area contributed by atoms with Crippen molar-refractivity contribution in [2.24, 2.45) is 0 Å². The third kappa shape index (κ3) is 8.31. The number of hydrogen-bond donors (Lipinski definition) is 1. The number of carbonyl (C=O) groups is 3. The van der Waals surface area contributed by atoms with Gasteiger partial charge in [-0.05, 0) is 66.4 Å². The number of nitro groups is 1. The number of rotatable bonds is 6. The molecule has 1 aliphatic rings. The van der Waals surface area contributed by atoms with E-state index in [9.17, 15) is 24.5 Å². The summed E-state index contributed by atoms with van der Waals surface area (Å²) in [6, 6.07) is 3.95. The zero-order valence-corrected chi connectivity index (χ0v) is 20.8. The van der Waals surface area contributed by atoms with Crippen LogP contribution in [0.5, 0.6) is 0 Å². The SMILES string of the molecule is CC(C)(C)OC(=O)[C@H](Cc1ccc([N+](=O)[O-])cc1)NC(=O)[C@@H]1CCCCN1C(=O)OC(C)(C)C. The summed E-state index contributed by atoms with van der Waals surface area (Å²) in [5, 5.41) is 13.7. The van der Waals surface area contributed by atoms with Crippen LogP contribution in [0.3, 0.4) is 0 Å². The van der Waals surface area contributed by atoms with Gasteiger partial charge in [-0.25, -0.2) is 9.59 Å². The molecule has 1 N–H and O–H groups in total. The zero-order chi connectivity index (χ0) is 25.7. The number of carbonyl (C=O) groups excluding carboxylic acids is 3. The van der Waals surface area contributed by atoms with Gasteiger partial charge in [0.05, 0.1) is 4.92 Å². The second kappa shape index (κ2) is 10.8. The van der Waals surface area contributed by atoms with Crippen LogP contribution >= 0.6 is 0 Å². The second-order valence-electron chi connectivity index (χ2n) is 10.4. The van der Waals surface area contributed by atoms with Gasteiger partial charge in [-0.2, -0.15) is 0 Å². The maximum Gasteiger partial charge on any atom is 0.410 e. The molecule has 2 amide bonds. The van der Waals surface area contributed by atoms with Crippen LogP contribution in [0, 0.1) is 10.1 Å². The van der Waals surface area contributed by atoms with Crippen LogP contribution in [0.4, 0.5) is 10.5 Å². The first-order valence-electron chi connectivity index (χ1n) is 11.4. The number of ether oxygens (including phenoxy) is 2. The second-order valence-corrected chi connectivity index (χ2v) is 10.4. The summed E-state index contributed by atoms with van der Waals surface area (Å²) >= 11 is 0. The van der Waals surface area contributed by atoms with Gasteiger partial charge in [-0.1, -0.05) is 12.1 Å². The topological polar surface area (TPSA) is 128 Å². The molecule has 1 heterocycles. The van der Waals surface area contributed by atoms with Crippen molar-refractivity contribution in [2.75, 3.05) is 6.54 Å². The van der Waals surface area contributed by atoms with Gasteiger partial charge in [-0.3, -0.25) is 19.8 Å². The van der Waals surface area contributed by atoms with Gasteiger partial charge >= 0.3 is 12.1 Å². The Morgan fingerprint density at radius 2 is 1.65 bits per heavy atom. The van der Waals surface area contributed by atoms with Crippen molar-refractivity contribution in [1.29, 1.82) is 0 Å². The summed E-state index contributed by atoms with van der Waals surface area (Å²) in [7, 11) is 0. The fourth-order valence-electron chi connectivity index (χ4n) is 3.57. The molecule has 0 aliphatic carbocycles. The standard InChI is InChI=1S/C24H35N3O7/c1-23(2,3)33-21(29)18(15-16-10-12-17(13-11-16)27(31)32)25-20(28)19-9-7-8-14-26(19)22(30)34-24(4,5)6/h10-13,18-19H,7-9,14-15H2,1-6H3,(H,25,28)/t18-,19-/m0/s1. The lowest BCUT2D eigenvalue weighted by atomic mass is 10.00. The minimum absolute atomic E-state index is 0.0724. The van der Waals surface area contributed by atoms with Gasteiger partial charge in [0.15, 0.2) is 0 Å². The number of benzene rings is 1. The Labute approximate surface area is 200 Å². The lowest BCUT2D eigenvalue weighted by molar-refractivity contribution is -0.384. The van der Waals surface area contributed by atoms with Gasteiger partial charge in [0.25, 0.3) is 5.69 Å². The van der Waals surface area contributed by atoms with E-state index in [1.807, 2.05) is 0 Å². The molecule has 0 spiro atoms. The molecule has 0 radical (unpaired) electrons. The minimum atomic E-state index is -1.03. The number of non-ortho nitro benzene ring substituents is 1. The summed E-state index contributed by atoms with van der Waals surface area (Å²) in [4.78, 5) is 50.7. The Kier molecular flexibility index (Phi) is 8.63. The molecule has 0 unspecified atom stereocenters. The van der Waals surface area contributed by atoms with Crippen LogP contribution in [0.1, 0.15) is 66.4 Å². The summed E-state index contributed by atoms with van der Waals surface area (Å²) in [5.74, 6) is -1.10. The fraction of sp³-hybridized carbons (Fsp3) is 0.625. The highest BCUT2D eigenvalue weighted by Gasteiger charge is 2.37. The number of amides is 2. The predicted molar refractivity (Wildman–Crippen MR) is 125 cm³/mol. The summed E-state index contributed by atoms with van der Waals surface area (Å²) in [6.45, 7) is 10.8. The molecule has 0 bridgehead atoms. The molecular weight excluding hydrogens is 442 g/mol. The average Bonchev–Trinajstić information content (AvgIpc) is 2.71. The van der Waals surface area contributed by atoms with Crippen LogP contribution in [-0.2, 0) is 25.5 Å². The van der Waals surface area contributed by atoms with Gasteiger partial charge in [0, 0.05) is 25.1 Å². The largest absolute Gasteiger partial charge is 0.458 e. The molecule has 1 fully saturated rings. The van der Waals surface area contributed by atoms with Crippen LogP contribution < -0.4 is 5.32 Å². The Bertz CT molecular complexity index is 901. The van der Waals surface area contributed by atoms with Gasteiger partial charge in [-0.15, -0.1) is 0 Å². The zero-order valence-electron chi connectivity index (χ0n) is 20.8. The molecule has 34 heavy (non-hydrogen) atoms. The number of esters is 1. The number of likely N-dealkylation sites (tertiary alicyclic amines) is 1. The smallest absolute Gasteiger partial charge is 0.410 e. The first-order valence-corrected chi connectivity index (χ1v) is 11.4. The van der Waals surface area contributed by atoms with Crippen molar-refractivity contribution < 1.29 is 28.8 Å². The molecule has 1 aromatic carbocycles. The molecule has 0 saturated carbocycles. The number of nitrogens with zero attached hydrogens (tertiary/aromatic N) is 2. The first kappa shape index (κ1) is 27.1. The van der Waals surface area contributed by atoms with Crippen LogP contribution in [0.25, 0.3) is 0 Å². The van der Waals surface area contributed by atoms with Crippen molar-refractivity contribution in [1.82, 2.24) is 10.2 Å². The van der Waals surface area contributed by atoms with Crippen molar-refractivity contribution in [3.63, 3.8) is 0 Å². The van der Waals surface area contributed by atoms with Gasteiger partial charge < -0.3 is 14.8 Å². The molecule has 0 aromatic heterocycles. The molecule has 188 valence electrons. The number of hydrogen-bond acceptors (Lipinski definition) is 7. The molecule has 10 heteroatoms. The average molecular weight is 478 g/mol. The third-order valence-corrected chi connectivity index (χ3v) is 5.03. The normalized spacial score (nSPS) is 17.5. The first-order chi connectivity index (χ1) is 15.7. The molecule has 2 rings (SSSR count). The van der Waals surface area contributed by atoms with Crippen molar-refractivity contribution >= 4 is 23.7 Å². The quantitative estimate of drug-likeness (QED) is 0.375. The number of piperidine rings is 1. The Hall–Kier alpha value is -3.17. The van der Waals surface area contributed by atoms with Gasteiger partial charge in [0.1, 0.15) is 23.3 Å². The van der Waals surface area contributed by atoms with Crippen molar-refractivity contribution in [3.05, 3.63) is 39.9 Å². The van der Waals surface area contributed by atoms with Crippen LogP contribution in [-0.4, -0.2) is 57.6 Å². The van der Waals surface area contributed by atoms with Crippen LogP contribution in [0.2, 0.25) is 0 Å². The molecule has 10 nitrogen and oxygen atoms in total. The van der Waals surface area contributed by atoms with E-state index in [-0.39, 0.29) is 12.1 Å². The minimum Gasteiger partial charge on any atom is -0.458 e. The highest BCUT2D eigenvalue weighted by atomic mass is 16.6. The Morgan fingerprint density at radius 1 is 1.06 bits per heavy atom. The number of nitro benzene ring substituents is 1. The summed E-state index contributed by atoms with van der Waals surface area (Å²) in [5.41, 5.74) is -0.931. The van der Waals surface area contributed by atoms with Crippen molar-refractivity contribution in [2.45, 2.75) is 90.5 Å². The van der Waals surface area contributed by atoms with E-state index in [0.29, 0.717) is 18.5 Å².